The monoisotopic (exact) mass is 145 g/mol. The Hall–Kier alpha value is -0.830. The molecule has 0 saturated carbocycles. The lowest BCUT2D eigenvalue weighted by Crippen LogP contribution is -1.91. The molecule has 0 aliphatic heterocycles. The molecule has 10 heavy (non-hydrogen) atoms. The maximum absolute atomic E-state index is 9.84. The largest absolute Gasteiger partial charge is 0.466 e. The van der Waals surface area contributed by atoms with Gasteiger partial charge in [0, 0.05) is 12.7 Å². The van der Waals surface area contributed by atoms with Gasteiger partial charge in [-0.2, -0.15) is 0 Å². The number of hydrogen-bond donors (Lipinski definition) is 1. The van der Waals surface area contributed by atoms with Gasteiger partial charge in [0.15, 0.2) is 0 Å². The van der Waals surface area contributed by atoms with Crippen molar-refractivity contribution in [3.05, 3.63) is 19.6 Å². The molecule has 0 aromatic heterocycles. The molecule has 0 amide bonds. The van der Waals surface area contributed by atoms with E-state index in [0.29, 0.717) is 6.42 Å². The Labute approximate surface area is 61.3 Å². The zero-order chi connectivity index (χ0) is 8.41. The zero-order valence-corrected chi connectivity index (χ0v) is 6.17. The van der Waals surface area contributed by atoms with Crippen molar-refractivity contribution in [1.29, 1.82) is 0 Å². The summed E-state index contributed by atoms with van der Waals surface area (Å²) in [4.78, 5) is 9.84. The van der Waals surface area contributed by atoms with Gasteiger partial charge in [0.2, 0.25) is 0 Å². The minimum atomic E-state index is -0.394. The highest BCUT2D eigenvalue weighted by Gasteiger charge is 1.81. The molecule has 0 atom stereocenters. The second-order valence-electron chi connectivity index (χ2n) is 1.30. The van der Waals surface area contributed by atoms with E-state index < -0.39 is 5.97 Å². The van der Waals surface area contributed by atoms with Gasteiger partial charge in [-0.3, -0.25) is 0 Å². The molecule has 0 rings (SSSR count). The summed E-state index contributed by atoms with van der Waals surface area (Å²) in [6.07, 6.45) is 1.74. The number of rotatable bonds is 2. The van der Waals surface area contributed by atoms with Crippen molar-refractivity contribution in [3.63, 3.8) is 0 Å². The molecule has 0 aromatic rings. The van der Waals surface area contributed by atoms with Gasteiger partial charge in [-0.15, -0.1) is 0 Å². The van der Waals surface area contributed by atoms with Crippen LogP contribution in [0.25, 0.3) is 0 Å². The summed E-state index contributed by atoms with van der Waals surface area (Å²) in [6, 6.07) is 0. The fourth-order valence-electron chi connectivity index (χ4n) is 0.0833. The van der Waals surface area contributed by atoms with Crippen molar-refractivity contribution >= 4 is 5.97 Å². The number of carbonyl (C=O) groups excluding carboxylic acids is 1. The third-order valence-corrected chi connectivity index (χ3v) is 0.526. The smallest absolute Gasteiger partial charge is 0.329 e. The average Bonchev–Trinajstić information content (AvgIpc) is 2.03. The molecule has 0 unspecified atom stereocenters. The van der Waals surface area contributed by atoms with Crippen molar-refractivity contribution in [2.75, 3.05) is 13.7 Å². The van der Waals surface area contributed by atoms with Crippen molar-refractivity contribution in [3.8, 4) is 0 Å². The molecule has 0 aromatic carbocycles. The van der Waals surface area contributed by atoms with Crippen LogP contribution in [-0.2, 0) is 9.53 Å². The highest BCUT2D eigenvalue weighted by Crippen LogP contribution is 1.67. The lowest BCUT2D eigenvalue weighted by Gasteiger charge is -1.83. The Morgan fingerprint density at radius 1 is 1.80 bits per heavy atom. The molecule has 0 spiro atoms. The molecular weight excluding hydrogens is 132 g/mol. The van der Waals surface area contributed by atoms with Gasteiger partial charge in [0.1, 0.15) is 0 Å². The first-order valence-corrected chi connectivity index (χ1v) is 2.83. The van der Waals surface area contributed by atoms with Crippen LogP contribution < -0.4 is 0 Å². The first-order valence-electron chi connectivity index (χ1n) is 2.83. The SMILES string of the molecule is C=CC(=O)OC.[CH2]CCO. The molecule has 1 N–H and O–H groups in total. The summed E-state index contributed by atoms with van der Waals surface area (Å²) in [6.45, 7) is 6.72. The van der Waals surface area contributed by atoms with E-state index in [0.717, 1.165) is 6.08 Å². The lowest BCUT2D eigenvalue weighted by atomic mass is 10.5. The maximum Gasteiger partial charge on any atom is 0.329 e. The van der Waals surface area contributed by atoms with Gasteiger partial charge in [-0.1, -0.05) is 13.5 Å². The number of aliphatic hydroxyl groups is 1. The summed E-state index contributed by atoms with van der Waals surface area (Å²) in [5.41, 5.74) is 0. The number of aliphatic hydroxyl groups excluding tert-OH is 1. The topological polar surface area (TPSA) is 46.5 Å². The Bertz CT molecular complexity index is 86.9. The highest BCUT2D eigenvalue weighted by atomic mass is 16.5. The van der Waals surface area contributed by atoms with Crippen LogP contribution in [0.4, 0.5) is 0 Å². The Morgan fingerprint density at radius 3 is 2.20 bits per heavy atom. The molecule has 1 radical (unpaired) electrons. The molecule has 3 nitrogen and oxygen atoms in total. The Kier molecular flexibility index (Phi) is 13.1. The van der Waals surface area contributed by atoms with Gasteiger partial charge < -0.3 is 9.84 Å². The minimum absolute atomic E-state index is 0.208. The summed E-state index contributed by atoms with van der Waals surface area (Å²) in [7, 11) is 1.31. The predicted molar refractivity (Wildman–Crippen MR) is 39.3 cm³/mol. The van der Waals surface area contributed by atoms with Crippen LogP contribution in [0.2, 0.25) is 0 Å². The van der Waals surface area contributed by atoms with Crippen LogP contribution in [-0.4, -0.2) is 24.8 Å². The van der Waals surface area contributed by atoms with Crippen LogP contribution in [0.15, 0.2) is 12.7 Å². The maximum atomic E-state index is 9.84. The molecule has 59 valence electrons. The summed E-state index contributed by atoms with van der Waals surface area (Å²) in [5.74, 6) is -0.394. The molecule has 0 heterocycles. The first-order chi connectivity index (χ1) is 4.72. The number of esters is 1. The fourth-order valence-corrected chi connectivity index (χ4v) is 0.0833. The van der Waals surface area contributed by atoms with Crippen molar-refractivity contribution in [1.82, 2.24) is 0 Å². The van der Waals surface area contributed by atoms with E-state index in [9.17, 15) is 4.79 Å². The Balaban J connectivity index is 0. The van der Waals surface area contributed by atoms with E-state index in [1.165, 1.54) is 7.11 Å². The highest BCUT2D eigenvalue weighted by molar-refractivity contribution is 5.80. The zero-order valence-electron chi connectivity index (χ0n) is 6.17. The normalized spacial score (nSPS) is 7.10. The fraction of sp³-hybridized carbons (Fsp3) is 0.429. The quantitative estimate of drug-likeness (QED) is 0.456. The minimum Gasteiger partial charge on any atom is -0.466 e. The van der Waals surface area contributed by atoms with Crippen LogP contribution in [0.1, 0.15) is 6.42 Å². The van der Waals surface area contributed by atoms with E-state index >= 15 is 0 Å². The van der Waals surface area contributed by atoms with Crippen molar-refractivity contribution in [2.24, 2.45) is 0 Å². The second-order valence-corrected chi connectivity index (χ2v) is 1.30. The molecule has 0 aliphatic carbocycles. The van der Waals surface area contributed by atoms with Gasteiger partial charge in [-0.25, -0.2) is 4.79 Å². The average molecular weight is 145 g/mol. The third kappa shape index (κ3) is 15.7. The lowest BCUT2D eigenvalue weighted by molar-refractivity contribution is -0.134. The van der Waals surface area contributed by atoms with Gasteiger partial charge in [-0.05, 0) is 6.42 Å². The van der Waals surface area contributed by atoms with Crippen LogP contribution in [0.3, 0.4) is 0 Å². The predicted octanol–water partition coefficient (Wildman–Crippen LogP) is 0.548. The summed E-state index contributed by atoms with van der Waals surface area (Å²) < 4.78 is 4.14. The number of carbonyl (C=O) groups is 1. The molecule has 0 aliphatic rings. The van der Waals surface area contributed by atoms with Gasteiger partial charge in [0.25, 0.3) is 0 Å². The van der Waals surface area contributed by atoms with Crippen LogP contribution in [0, 0.1) is 6.92 Å². The van der Waals surface area contributed by atoms with E-state index in [1.54, 1.807) is 0 Å². The summed E-state index contributed by atoms with van der Waals surface area (Å²) in [5, 5.41) is 7.81. The number of methoxy groups -OCH3 is 1. The van der Waals surface area contributed by atoms with Gasteiger partial charge >= 0.3 is 5.97 Å². The number of ether oxygens (including phenoxy) is 1. The number of hydrogen-bond acceptors (Lipinski definition) is 3. The molecule has 0 saturated heterocycles. The molecule has 0 bridgehead atoms. The van der Waals surface area contributed by atoms with Gasteiger partial charge in [0.05, 0.1) is 7.11 Å². The van der Waals surface area contributed by atoms with E-state index in [4.69, 9.17) is 5.11 Å². The standard InChI is InChI=1S/C4H6O2.C3H7O/c1-3-4(5)6-2;1-2-3-4/h3H,1H2,2H3;4H,1-3H2. The van der Waals surface area contributed by atoms with Crippen LogP contribution in [0.5, 0.6) is 0 Å². The van der Waals surface area contributed by atoms with Crippen molar-refractivity contribution < 1.29 is 14.6 Å². The third-order valence-electron chi connectivity index (χ3n) is 0.526. The van der Waals surface area contributed by atoms with E-state index in [2.05, 4.69) is 18.2 Å². The van der Waals surface area contributed by atoms with E-state index in [-0.39, 0.29) is 6.61 Å². The molecule has 0 fully saturated rings. The molecule has 3 heteroatoms. The first kappa shape index (κ1) is 11.9. The second kappa shape index (κ2) is 11.0. The Morgan fingerprint density at radius 2 is 2.20 bits per heavy atom. The van der Waals surface area contributed by atoms with E-state index in [1.807, 2.05) is 0 Å². The molecular formula is C7H13O3. The van der Waals surface area contributed by atoms with Crippen molar-refractivity contribution in [2.45, 2.75) is 6.42 Å². The summed E-state index contributed by atoms with van der Waals surface area (Å²) >= 11 is 0. The van der Waals surface area contributed by atoms with Crippen LogP contribution >= 0.6 is 0 Å².